The quantitative estimate of drug-likeness (QED) is 0.642. The number of nitrogen functional groups attached to an aromatic ring is 1. The summed E-state index contributed by atoms with van der Waals surface area (Å²) in [7, 11) is -2.46. The van der Waals surface area contributed by atoms with Crippen molar-refractivity contribution in [3.8, 4) is 0 Å². The minimum Gasteiger partial charge on any atom is -0.323 e. The van der Waals surface area contributed by atoms with Crippen molar-refractivity contribution in [2.45, 2.75) is 11.4 Å². The average Bonchev–Trinajstić information content (AvgIpc) is 2.49. The maximum absolute atomic E-state index is 13.6. The van der Waals surface area contributed by atoms with E-state index in [-0.39, 0.29) is 22.7 Å². The molecule has 3 N–H and O–H groups in total. The number of rotatable bonds is 5. The SMILES string of the molecule is CN(Cc1ccccc1F)S(=O)(=O)c1cnccc1NN. The van der Waals surface area contributed by atoms with Crippen molar-refractivity contribution in [1.29, 1.82) is 0 Å². The Morgan fingerprint density at radius 2 is 2.05 bits per heavy atom. The van der Waals surface area contributed by atoms with Crippen LogP contribution in [0.2, 0.25) is 0 Å². The van der Waals surface area contributed by atoms with E-state index in [0.29, 0.717) is 0 Å². The second-order valence-corrected chi connectivity index (χ2v) is 6.38. The summed E-state index contributed by atoms with van der Waals surface area (Å²) in [5, 5.41) is 0. The highest BCUT2D eigenvalue weighted by Gasteiger charge is 2.24. The molecule has 0 atom stereocenters. The number of hydrazine groups is 1. The fourth-order valence-electron chi connectivity index (χ4n) is 1.82. The molecule has 0 saturated carbocycles. The first kappa shape index (κ1) is 15.4. The molecule has 6 nitrogen and oxygen atoms in total. The van der Waals surface area contributed by atoms with Gasteiger partial charge in [0.25, 0.3) is 0 Å². The predicted octanol–water partition coefficient (Wildman–Crippen LogP) is 1.33. The minimum absolute atomic E-state index is 0.0636. The summed E-state index contributed by atoms with van der Waals surface area (Å²) < 4.78 is 39.7. The van der Waals surface area contributed by atoms with Crippen molar-refractivity contribution >= 4 is 15.7 Å². The molecule has 0 fully saturated rings. The smallest absolute Gasteiger partial charge is 0.246 e. The van der Waals surface area contributed by atoms with Gasteiger partial charge < -0.3 is 5.43 Å². The fourth-order valence-corrected chi connectivity index (χ4v) is 3.07. The third kappa shape index (κ3) is 3.18. The van der Waals surface area contributed by atoms with Gasteiger partial charge in [0.2, 0.25) is 10.0 Å². The molecule has 1 heterocycles. The Hall–Kier alpha value is -2.03. The van der Waals surface area contributed by atoms with E-state index < -0.39 is 15.8 Å². The van der Waals surface area contributed by atoms with E-state index >= 15 is 0 Å². The molecule has 2 aromatic rings. The van der Waals surface area contributed by atoms with Gasteiger partial charge in [-0.3, -0.25) is 10.8 Å². The van der Waals surface area contributed by atoms with Gasteiger partial charge in [-0.25, -0.2) is 12.8 Å². The Morgan fingerprint density at radius 1 is 1.33 bits per heavy atom. The van der Waals surface area contributed by atoms with Crippen molar-refractivity contribution in [3.63, 3.8) is 0 Å². The van der Waals surface area contributed by atoms with Gasteiger partial charge in [0.05, 0.1) is 5.69 Å². The summed E-state index contributed by atoms with van der Waals surface area (Å²) in [6.45, 7) is -0.0894. The lowest BCUT2D eigenvalue weighted by molar-refractivity contribution is 0.456. The van der Waals surface area contributed by atoms with Gasteiger partial charge in [0.15, 0.2) is 0 Å². The van der Waals surface area contributed by atoms with Gasteiger partial charge in [-0.1, -0.05) is 18.2 Å². The third-order valence-corrected chi connectivity index (χ3v) is 4.81. The summed E-state index contributed by atoms with van der Waals surface area (Å²) >= 11 is 0. The van der Waals surface area contributed by atoms with Gasteiger partial charge in [0, 0.05) is 31.5 Å². The molecule has 0 aliphatic heterocycles. The van der Waals surface area contributed by atoms with E-state index in [1.165, 1.54) is 37.6 Å². The second kappa shape index (κ2) is 6.17. The zero-order valence-electron chi connectivity index (χ0n) is 11.3. The largest absolute Gasteiger partial charge is 0.323 e. The van der Waals surface area contributed by atoms with Crippen LogP contribution in [0.5, 0.6) is 0 Å². The molecule has 0 bridgehead atoms. The number of sulfonamides is 1. The number of halogens is 1. The maximum Gasteiger partial charge on any atom is 0.246 e. The van der Waals surface area contributed by atoms with Gasteiger partial charge in [-0.15, -0.1) is 0 Å². The van der Waals surface area contributed by atoms with E-state index in [0.717, 1.165) is 4.31 Å². The summed E-state index contributed by atoms with van der Waals surface area (Å²) in [4.78, 5) is 3.73. The van der Waals surface area contributed by atoms with Crippen molar-refractivity contribution in [1.82, 2.24) is 9.29 Å². The molecule has 112 valence electrons. The lowest BCUT2D eigenvalue weighted by Crippen LogP contribution is -2.28. The van der Waals surface area contributed by atoms with Crippen LogP contribution in [-0.2, 0) is 16.6 Å². The minimum atomic E-state index is -3.84. The average molecular weight is 310 g/mol. The van der Waals surface area contributed by atoms with Crippen LogP contribution < -0.4 is 11.3 Å². The molecule has 0 spiro atoms. The van der Waals surface area contributed by atoms with Crippen LogP contribution in [0.1, 0.15) is 5.56 Å². The highest BCUT2D eigenvalue weighted by molar-refractivity contribution is 7.89. The molecule has 1 aromatic heterocycles. The molecule has 2 rings (SSSR count). The van der Waals surface area contributed by atoms with Crippen molar-refractivity contribution in [3.05, 3.63) is 54.1 Å². The predicted molar refractivity (Wildman–Crippen MR) is 77.1 cm³/mol. The number of nitrogens with one attached hydrogen (secondary N) is 1. The Balaban J connectivity index is 2.33. The first-order valence-electron chi connectivity index (χ1n) is 6.07. The summed E-state index contributed by atoms with van der Waals surface area (Å²) in [6.07, 6.45) is 2.62. The highest BCUT2D eigenvalue weighted by atomic mass is 32.2. The Kier molecular flexibility index (Phi) is 4.51. The molecular formula is C13H15FN4O2S. The molecule has 0 amide bonds. The molecule has 0 radical (unpaired) electrons. The van der Waals surface area contributed by atoms with Crippen LogP contribution in [0.3, 0.4) is 0 Å². The monoisotopic (exact) mass is 310 g/mol. The van der Waals surface area contributed by atoms with Gasteiger partial charge in [-0.05, 0) is 12.1 Å². The zero-order valence-corrected chi connectivity index (χ0v) is 12.1. The lowest BCUT2D eigenvalue weighted by atomic mass is 10.2. The van der Waals surface area contributed by atoms with Crippen LogP contribution in [0.15, 0.2) is 47.6 Å². The molecule has 0 unspecified atom stereocenters. The summed E-state index contributed by atoms with van der Waals surface area (Å²) in [6, 6.07) is 7.46. The zero-order chi connectivity index (χ0) is 15.5. The first-order chi connectivity index (χ1) is 9.96. The standard InChI is InChI=1S/C13H15FN4O2S/c1-18(9-10-4-2-3-5-11(10)14)21(19,20)13-8-16-7-6-12(13)17-15/h2-8H,9,15H2,1H3,(H,16,17). The van der Waals surface area contributed by atoms with Crippen LogP contribution in [-0.4, -0.2) is 24.8 Å². The van der Waals surface area contributed by atoms with Crippen LogP contribution >= 0.6 is 0 Å². The van der Waals surface area contributed by atoms with Crippen LogP contribution in [0, 0.1) is 5.82 Å². The van der Waals surface area contributed by atoms with Crippen LogP contribution in [0.4, 0.5) is 10.1 Å². The second-order valence-electron chi connectivity index (χ2n) is 4.37. The molecule has 0 aliphatic rings. The molecule has 8 heteroatoms. The highest BCUT2D eigenvalue weighted by Crippen LogP contribution is 2.23. The van der Waals surface area contributed by atoms with E-state index in [1.807, 2.05) is 0 Å². The van der Waals surface area contributed by atoms with Crippen LogP contribution in [0.25, 0.3) is 0 Å². The lowest BCUT2D eigenvalue weighted by Gasteiger charge is -2.19. The molecule has 0 aliphatic carbocycles. The maximum atomic E-state index is 13.6. The van der Waals surface area contributed by atoms with E-state index in [9.17, 15) is 12.8 Å². The van der Waals surface area contributed by atoms with E-state index in [4.69, 9.17) is 5.84 Å². The number of hydrogen-bond donors (Lipinski definition) is 2. The molecule has 1 aromatic carbocycles. The number of nitrogens with two attached hydrogens (primary N) is 1. The first-order valence-corrected chi connectivity index (χ1v) is 7.51. The number of aromatic nitrogens is 1. The van der Waals surface area contributed by atoms with Gasteiger partial charge >= 0.3 is 0 Å². The number of benzene rings is 1. The number of nitrogens with zero attached hydrogens (tertiary/aromatic N) is 2. The van der Waals surface area contributed by atoms with Crippen molar-refractivity contribution < 1.29 is 12.8 Å². The number of hydrogen-bond acceptors (Lipinski definition) is 5. The molecular weight excluding hydrogens is 295 g/mol. The van der Waals surface area contributed by atoms with E-state index in [1.54, 1.807) is 12.1 Å². The summed E-state index contributed by atoms with van der Waals surface area (Å²) in [5.41, 5.74) is 2.83. The summed E-state index contributed by atoms with van der Waals surface area (Å²) in [5.74, 6) is 4.85. The molecule has 0 saturated heterocycles. The Morgan fingerprint density at radius 3 is 2.71 bits per heavy atom. The Bertz CT molecular complexity index is 736. The third-order valence-electron chi connectivity index (χ3n) is 2.98. The fraction of sp³-hybridized carbons (Fsp3) is 0.154. The van der Waals surface area contributed by atoms with Gasteiger partial charge in [-0.2, -0.15) is 4.31 Å². The van der Waals surface area contributed by atoms with Crippen molar-refractivity contribution in [2.75, 3.05) is 12.5 Å². The normalized spacial score (nSPS) is 11.6. The Labute approximate surface area is 122 Å². The topological polar surface area (TPSA) is 88.3 Å². The van der Waals surface area contributed by atoms with Gasteiger partial charge in [0.1, 0.15) is 10.7 Å². The molecule has 21 heavy (non-hydrogen) atoms. The van der Waals surface area contributed by atoms with E-state index in [2.05, 4.69) is 10.4 Å². The van der Waals surface area contributed by atoms with Crippen molar-refractivity contribution in [2.24, 2.45) is 5.84 Å². The number of pyridine rings is 1. The number of anilines is 1.